The molecule has 2 unspecified atom stereocenters. The highest BCUT2D eigenvalue weighted by atomic mass is 127. The van der Waals surface area contributed by atoms with Gasteiger partial charge >= 0.3 is 0 Å². The zero-order valence-corrected chi connectivity index (χ0v) is 12.2. The van der Waals surface area contributed by atoms with E-state index in [4.69, 9.17) is 9.47 Å². The first kappa shape index (κ1) is 13.9. The van der Waals surface area contributed by atoms with Gasteiger partial charge in [0.15, 0.2) is 0 Å². The highest BCUT2D eigenvalue weighted by molar-refractivity contribution is 14.1. The monoisotopic (exact) mass is 334 g/mol. The maximum absolute atomic E-state index is 5.97. The van der Waals surface area contributed by atoms with Crippen molar-refractivity contribution in [1.29, 1.82) is 0 Å². The fourth-order valence-electron chi connectivity index (χ4n) is 1.70. The van der Waals surface area contributed by atoms with Crippen LogP contribution in [0.2, 0.25) is 0 Å². The Kier molecular flexibility index (Phi) is 6.31. The number of benzene rings is 1. The number of hydrogen-bond acceptors (Lipinski definition) is 2. The smallest absolute Gasteiger partial charge is 0.0921 e. The van der Waals surface area contributed by atoms with E-state index < -0.39 is 0 Å². The highest BCUT2D eigenvalue weighted by Gasteiger charge is 2.15. The number of methoxy groups -OCH3 is 1. The van der Waals surface area contributed by atoms with Crippen LogP contribution in [0.15, 0.2) is 24.3 Å². The highest BCUT2D eigenvalue weighted by Crippen LogP contribution is 2.24. The predicted octanol–water partition coefficient (Wildman–Crippen LogP) is 3.52. The van der Waals surface area contributed by atoms with Crippen molar-refractivity contribution in [2.75, 3.05) is 18.1 Å². The van der Waals surface area contributed by atoms with Gasteiger partial charge in [0.05, 0.1) is 18.8 Å². The first-order valence-electron chi connectivity index (χ1n) is 5.45. The van der Waals surface area contributed by atoms with E-state index in [0.717, 1.165) is 4.43 Å². The van der Waals surface area contributed by atoms with Crippen LogP contribution >= 0.6 is 22.6 Å². The molecule has 0 aliphatic heterocycles. The Morgan fingerprint density at radius 1 is 1.31 bits per heavy atom. The van der Waals surface area contributed by atoms with E-state index in [9.17, 15) is 0 Å². The second kappa shape index (κ2) is 7.25. The van der Waals surface area contributed by atoms with E-state index in [0.29, 0.717) is 6.61 Å². The summed E-state index contributed by atoms with van der Waals surface area (Å²) >= 11 is 2.37. The van der Waals surface area contributed by atoms with Gasteiger partial charge in [-0.05, 0) is 25.0 Å². The largest absolute Gasteiger partial charge is 0.382 e. The molecule has 1 rings (SSSR count). The molecule has 2 atom stereocenters. The van der Waals surface area contributed by atoms with Crippen LogP contribution in [0.25, 0.3) is 0 Å². The summed E-state index contributed by atoms with van der Waals surface area (Å²) in [5, 5.41) is 0. The Balaban J connectivity index is 2.71. The Labute approximate surface area is 111 Å². The Morgan fingerprint density at radius 3 is 2.56 bits per heavy atom. The first-order valence-corrected chi connectivity index (χ1v) is 6.97. The number of hydrogen-bond donors (Lipinski definition) is 0. The summed E-state index contributed by atoms with van der Waals surface area (Å²) in [7, 11) is 1.70. The first-order chi connectivity index (χ1) is 7.69. The van der Waals surface area contributed by atoms with Crippen LogP contribution in [-0.2, 0) is 9.47 Å². The van der Waals surface area contributed by atoms with Crippen molar-refractivity contribution in [3.63, 3.8) is 0 Å². The number of aryl methyl sites for hydroxylation is 1. The van der Waals surface area contributed by atoms with Crippen molar-refractivity contribution >= 4 is 22.6 Å². The molecule has 3 heteroatoms. The van der Waals surface area contributed by atoms with Crippen LogP contribution in [0.3, 0.4) is 0 Å². The minimum Gasteiger partial charge on any atom is -0.382 e. The number of halogens is 1. The van der Waals surface area contributed by atoms with Crippen molar-refractivity contribution in [3.8, 4) is 0 Å². The van der Waals surface area contributed by atoms with Gasteiger partial charge in [-0.25, -0.2) is 0 Å². The third-order valence-corrected chi connectivity index (χ3v) is 3.27. The van der Waals surface area contributed by atoms with Gasteiger partial charge in [-0.2, -0.15) is 0 Å². The Hall–Kier alpha value is -0.130. The molecule has 2 nitrogen and oxygen atoms in total. The minimum absolute atomic E-state index is 0.129. The molecule has 0 radical (unpaired) electrons. The second-order valence-corrected chi connectivity index (χ2v) is 4.78. The lowest BCUT2D eigenvalue weighted by atomic mass is 10.0. The summed E-state index contributed by atoms with van der Waals surface area (Å²) in [5.41, 5.74) is 2.56. The summed E-state index contributed by atoms with van der Waals surface area (Å²) in [4.78, 5) is 0. The van der Waals surface area contributed by atoms with Crippen molar-refractivity contribution in [1.82, 2.24) is 0 Å². The molecule has 0 aromatic heterocycles. The van der Waals surface area contributed by atoms with E-state index >= 15 is 0 Å². The van der Waals surface area contributed by atoms with Gasteiger partial charge in [0.2, 0.25) is 0 Å². The molecule has 0 saturated heterocycles. The molecule has 0 aliphatic carbocycles. The van der Waals surface area contributed by atoms with Crippen molar-refractivity contribution in [3.05, 3.63) is 35.4 Å². The topological polar surface area (TPSA) is 18.5 Å². The molecular formula is C13H19IO2. The Morgan fingerprint density at radius 2 is 2.00 bits per heavy atom. The summed E-state index contributed by atoms with van der Waals surface area (Å²) < 4.78 is 12.0. The van der Waals surface area contributed by atoms with E-state index in [1.165, 1.54) is 11.1 Å². The molecule has 0 heterocycles. The molecule has 0 fully saturated rings. The lowest BCUT2D eigenvalue weighted by molar-refractivity contribution is -0.0293. The van der Waals surface area contributed by atoms with Gasteiger partial charge in [-0.1, -0.05) is 46.9 Å². The zero-order chi connectivity index (χ0) is 12.0. The van der Waals surface area contributed by atoms with Crippen LogP contribution in [-0.4, -0.2) is 24.2 Å². The molecule has 1 aromatic carbocycles. The van der Waals surface area contributed by atoms with Gasteiger partial charge in [0.1, 0.15) is 0 Å². The maximum Gasteiger partial charge on any atom is 0.0921 e. The van der Waals surface area contributed by atoms with Crippen LogP contribution < -0.4 is 0 Å². The van der Waals surface area contributed by atoms with E-state index in [1.807, 2.05) is 6.92 Å². The second-order valence-electron chi connectivity index (χ2n) is 3.90. The van der Waals surface area contributed by atoms with Crippen molar-refractivity contribution in [2.24, 2.45) is 0 Å². The SMILES string of the molecule is COCC(C)OC(CI)c1ccccc1C. The summed E-state index contributed by atoms with van der Waals surface area (Å²) in [6, 6.07) is 8.38. The van der Waals surface area contributed by atoms with Gasteiger partial charge in [0.25, 0.3) is 0 Å². The molecule has 90 valence electrons. The minimum atomic E-state index is 0.129. The van der Waals surface area contributed by atoms with Crippen molar-refractivity contribution in [2.45, 2.75) is 26.1 Å². The molecule has 0 amide bonds. The molecule has 0 N–H and O–H groups in total. The normalized spacial score (nSPS) is 14.8. The van der Waals surface area contributed by atoms with Gasteiger partial charge in [-0.15, -0.1) is 0 Å². The molecule has 16 heavy (non-hydrogen) atoms. The van der Waals surface area contributed by atoms with Crippen LogP contribution in [0.5, 0.6) is 0 Å². The van der Waals surface area contributed by atoms with E-state index in [1.54, 1.807) is 7.11 Å². The molecule has 0 bridgehead atoms. The summed E-state index contributed by atoms with van der Waals surface area (Å²) in [6.07, 6.45) is 0.288. The molecule has 0 spiro atoms. The molecule has 0 saturated carbocycles. The lowest BCUT2D eigenvalue weighted by Crippen LogP contribution is -2.19. The number of rotatable bonds is 6. The summed E-state index contributed by atoms with van der Waals surface area (Å²) in [6.45, 7) is 4.80. The maximum atomic E-state index is 5.97. The van der Waals surface area contributed by atoms with Gasteiger partial charge in [0, 0.05) is 11.5 Å². The standard InChI is InChI=1S/C13H19IO2/c1-10-6-4-5-7-12(10)13(8-14)16-11(2)9-15-3/h4-7,11,13H,8-9H2,1-3H3. The van der Waals surface area contributed by atoms with Crippen LogP contribution in [0.1, 0.15) is 24.2 Å². The quantitative estimate of drug-likeness (QED) is 0.585. The molecule has 0 aliphatic rings. The fraction of sp³-hybridized carbons (Fsp3) is 0.538. The van der Waals surface area contributed by atoms with Crippen LogP contribution in [0, 0.1) is 6.92 Å². The third kappa shape index (κ3) is 4.03. The predicted molar refractivity (Wildman–Crippen MR) is 75.2 cm³/mol. The fourth-order valence-corrected chi connectivity index (χ4v) is 2.38. The third-order valence-electron chi connectivity index (χ3n) is 2.47. The zero-order valence-electron chi connectivity index (χ0n) is 10.1. The average molecular weight is 334 g/mol. The summed E-state index contributed by atoms with van der Waals surface area (Å²) in [5.74, 6) is 0. The van der Waals surface area contributed by atoms with Gasteiger partial charge < -0.3 is 9.47 Å². The molecular weight excluding hydrogens is 315 g/mol. The average Bonchev–Trinajstić information content (AvgIpc) is 2.27. The lowest BCUT2D eigenvalue weighted by Gasteiger charge is -2.22. The van der Waals surface area contributed by atoms with Gasteiger partial charge in [-0.3, -0.25) is 0 Å². The van der Waals surface area contributed by atoms with Crippen molar-refractivity contribution < 1.29 is 9.47 Å². The van der Waals surface area contributed by atoms with Crippen LogP contribution in [0.4, 0.5) is 0 Å². The Bertz CT molecular complexity index is 315. The molecule has 1 aromatic rings. The van der Waals surface area contributed by atoms with E-state index in [-0.39, 0.29) is 12.2 Å². The number of alkyl halides is 1. The number of ether oxygens (including phenoxy) is 2. The van der Waals surface area contributed by atoms with E-state index in [2.05, 4.69) is 53.8 Å².